The van der Waals surface area contributed by atoms with Gasteiger partial charge in [0.15, 0.2) is 11.5 Å². The smallest absolute Gasteiger partial charge is 0.258 e. The minimum absolute atomic E-state index is 0.155. The van der Waals surface area contributed by atoms with Crippen molar-refractivity contribution in [2.45, 2.75) is 27.3 Å². The number of benzene rings is 2. The fraction of sp³-hybridized carbons (Fsp3) is 0.269. The topological polar surface area (TPSA) is 94.1 Å². The number of pyridine rings is 1. The number of rotatable bonds is 10. The van der Waals surface area contributed by atoms with Gasteiger partial charge in [-0.1, -0.05) is 6.07 Å². The third-order valence-corrected chi connectivity index (χ3v) is 4.66. The Morgan fingerprint density at radius 1 is 0.943 bits per heavy atom. The molecule has 35 heavy (non-hydrogen) atoms. The highest BCUT2D eigenvalue weighted by atomic mass is 19.1. The summed E-state index contributed by atoms with van der Waals surface area (Å²) in [6.45, 7) is 7.00. The van der Waals surface area contributed by atoms with E-state index in [-0.39, 0.29) is 18.1 Å². The molecule has 0 fully saturated rings. The van der Waals surface area contributed by atoms with E-state index in [0.29, 0.717) is 42.8 Å². The number of ether oxygens (including phenoxy) is 3. The molecule has 0 aliphatic heterocycles. The van der Waals surface area contributed by atoms with Crippen LogP contribution in [-0.4, -0.2) is 36.7 Å². The lowest BCUT2D eigenvalue weighted by molar-refractivity contribution is 0.0975. The normalized spacial score (nSPS) is 11.0. The molecular formula is C26H29FN4O4. The average Bonchev–Trinajstić information content (AvgIpc) is 2.85. The average molecular weight is 481 g/mol. The zero-order chi connectivity index (χ0) is 25.0. The van der Waals surface area contributed by atoms with Crippen LogP contribution in [0.3, 0.4) is 0 Å². The van der Waals surface area contributed by atoms with Crippen LogP contribution in [0.25, 0.3) is 0 Å². The number of carbonyl (C=O) groups excluding carboxylic acids is 1. The van der Waals surface area contributed by atoms with Gasteiger partial charge in [-0.15, -0.1) is 0 Å². The van der Waals surface area contributed by atoms with E-state index in [1.165, 1.54) is 12.1 Å². The first-order valence-corrected chi connectivity index (χ1v) is 11.4. The molecule has 1 heterocycles. The van der Waals surface area contributed by atoms with Crippen molar-refractivity contribution in [3.8, 4) is 17.2 Å². The van der Waals surface area contributed by atoms with Gasteiger partial charge in [0.05, 0.1) is 26.4 Å². The molecule has 0 bridgehead atoms. The maximum atomic E-state index is 13.7. The number of anilines is 1. The monoisotopic (exact) mass is 480 g/mol. The molecule has 0 atom stereocenters. The van der Waals surface area contributed by atoms with Crippen LogP contribution in [0.2, 0.25) is 0 Å². The maximum absolute atomic E-state index is 13.7. The number of halogens is 1. The van der Waals surface area contributed by atoms with Gasteiger partial charge in [-0.25, -0.2) is 9.38 Å². The van der Waals surface area contributed by atoms with Crippen molar-refractivity contribution in [2.75, 3.05) is 25.1 Å². The number of aromatic nitrogens is 1. The predicted molar refractivity (Wildman–Crippen MR) is 133 cm³/mol. The Balaban J connectivity index is 1.91. The largest absolute Gasteiger partial charge is 0.490 e. The summed E-state index contributed by atoms with van der Waals surface area (Å²) in [5, 5.41) is 5.75. The molecule has 2 aromatic carbocycles. The fourth-order valence-electron chi connectivity index (χ4n) is 3.17. The molecule has 8 nitrogen and oxygen atoms in total. The van der Waals surface area contributed by atoms with Gasteiger partial charge in [-0.3, -0.25) is 15.1 Å². The summed E-state index contributed by atoms with van der Waals surface area (Å²) in [5.74, 6) is 0.536. The van der Waals surface area contributed by atoms with Crippen molar-refractivity contribution in [2.24, 2.45) is 4.99 Å². The van der Waals surface area contributed by atoms with Crippen molar-refractivity contribution < 1.29 is 23.4 Å². The lowest BCUT2D eigenvalue weighted by Gasteiger charge is -2.17. The second-order valence-corrected chi connectivity index (χ2v) is 7.21. The van der Waals surface area contributed by atoms with Crippen molar-refractivity contribution >= 4 is 17.6 Å². The molecule has 9 heteroatoms. The number of hydrogen-bond donors (Lipinski definition) is 2. The van der Waals surface area contributed by atoms with Crippen molar-refractivity contribution in [3.63, 3.8) is 0 Å². The number of carbonyl (C=O) groups is 1. The van der Waals surface area contributed by atoms with Crippen LogP contribution in [0.5, 0.6) is 17.2 Å². The van der Waals surface area contributed by atoms with Gasteiger partial charge in [0.25, 0.3) is 5.91 Å². The van der Waals surface area contributed by atoms with Gasteiger partial charge >= 0.3 is 0 Å². The summed E-state index contributed by atoms with van der Waals surface area (Å²) >= 11 is 0. The predicted octanol–water partition coefficient (Wildman–Crippen LogP) is 4.81. The third-order valence-electron chi connectivity index (χ3n) is 4.66. The maximum Gasteiger partial charge on any atom is 0.258 e. The van der Waals surface area contributed by atoms with E-state index in [9.17, 15) is 9.18 Å². The summed E-state index contributed by atoms with van der Waals surface area (Å²) in [7, 11) is 0. The minimum atomic E-state index is -0.452. The first kappa shape index (κ1) is 25.5. The Bertz CT molecular complexity index is 1130. The van der Waals surface area contributed by atoms with E-state index < -0.39 is 11.7 Å². The summed E-state index contributed by atoms with van der Waals surface area (Å²) in [5.41, 5.74) is 1.62. The number of nitrogens with one attached hydrogen (secondary N) is 2. The molecule has 184 valence electrons. The number of amides is 1. The van der Waals surface area contributed by atoms with E-state index in [1.54, 1.807) is 36.7 Å². The molecule has 0 radical (unpaired) electrons. The van der Waals surface area contributed by atoms with Crippen LogP contribution in [0, 0.1) is 5.82 Å². The zero-order valence-electron chi connectivity index (χ0n) is 20.0. The molecule has 0 unspecified atom stereocenters. The minimum Gasteiger partial charge on any atom is -0.490 e. The fourth-order valence-corrected chi connectivity index (χ4v) is 3.17. The van der Waals surface area contributed by atoms with Crippen molar-refractivity contribution in [1.29, 1.82) is 0 Å². The van der Waals surface area contributed by atoms with Crippen LogP contribution in [0.15, 0.2) is 65.9 Å². The number of nitrogens with zero attached hydrogens (tertiary/aromatic N) is 2. The second kappa shape index (κ2) is 12.9. The molecule has 0 aliphatic rings. The quantitative estimate of drug-likeness (QED) is 0.319. The van der Waals surface area contributed by atoms with Gasteiger partial charge in [0.1, 0.15) is 5.82 Å². The number of hydrogen-bond acceptors (Lipinski definition) is 6. The number of aliphatic imine (C=N–C) groups is 1. The van der Waals surface area contributed by atoms with Gasteiger partial charge in [0, 0.05) is 23.6 Å². The van der Waals surface area contributed by atoms with E-state index in [4.69, 9.17) is 14.2 Å². The third kappa shape index (κ3) is 7.43. The molecule has 0 saturated carbocycles. The van der Waals surface area contributed by atoms with E-state index >= 15 is 0 Å². The van der Waals surface area contributed by atoms with E-state index in [1.807, 2.05) is 32.9 Å². The molecule has 0 saturated heterocycles. The Morgan fingerprint density at radius 3 is 2.20 bits per heavy atom. The molecule has 1 aromatic heterocycles. The van der Waals surface area contributed by atoms with Crippen molar-refractivity contribution in [1.82, 2.24) is 10.3 Å². The highest BCUT2D eigenvalue weighted by molar-refractivity contribution is 6.10. The van der Waals surface area contributed by atoms with Crippen LogP contribution in [0.4, 0.5) is 10.1 Å². The lowest BCUT2D eigenvalue weighted by atomic mass is 10.1. The zero-order valence-corrected chi connectivity index (χ0v) is 20.0. The Hall–Kier alpha value is -4.14. The highest BCUT2D eigenvalue weighted by Gasteiger charge is 2.19. The molecule has 3 rings (SSSR count). The first-order chi connectivity index (χ1) is 17.0. The van der Waals surface area contributed by atoms with Gasteiger partial charge in [-0.2, -0.15) is 0 Å². The Labute approximate surface area is 204 Å². The van der Waals surface area contributed by atoms with Crippen LogP contribution >= 0.6 is 0 Å². The summed E-state index contributed by atoms with van der Waals surface area (Å²) in [6, 6.07) is 12.7. The lowest BCUT2D eigenvalue weighted by Crippen LogP contribution is -2.36. The number of guanidine groups is 1. The van der Waals surface area contributed by atoms with Gasteiger partial charge in [-0.05, 0) is 68.8 Å². The van der Waals surface area contributed by atoms with E-state index in [2.05, 4.69) is 20.6 Å². The SMILES string of the molecule is CCOc1cc(C(=O)NC(=NCc2ccncc2)Nc2cccc(F)c2)cc(OCC)c1OCC. The second-order valence-electron chi connectivity index (χ2n) is 7.21. The van der Waals surface area contributed by atoms with Crippen molar-refractivity contribution in [3.05, 3.63) is 77.9 Å². The van der Waals surface area contributed by atoms with Crippen LogP contribution in [-0.2, 0) is 6.54 Å². The molecule has 1 amide bonds. The van der Waals surface area contributed by atoms with Gasteiger partial charge < -0.3 is 19.5 Å². The Kier molecular flexibility index (Phi) is 9.41. The van der Waals surface area contributed by atoms with Crippen LogP contribution in [0.1, 0.15) is 36.7 Å². The molecule has 2 N–H and O–H groups in total. The van der Waals surface area contributed by atoms with Crippen LogP contribution < -0.4 is 24.8 Å². The molecule has 0 aliphatic carbocycles. The van der Waals surface area contributed by atoms with Gasteiger partial charge in [0.2, 0.25) is 11.7 Å². The Morgan fingerprint density at radius 2 is 1.60 bits per heavy atom. The standard InChI is InChI=1S/C26H29FN4O4/c1-4-33-22-14-19(15-23(34-5-2)24(22)35-6-3)25(32)31-26(29-17-18-10-12-28-13-11-18)30-21-9-7-8-20(27)16-21/h7-16H,4-6,17H2,1-3H3,(H2,29,30,31,32). The molecular weight excluding hydrogens is 451 g/mol. The van der Waals surface area contributed by atoms with E-state index in [0.717, 1.165) is 5.56 Å². The first-order valence-electron chi connectivity index (χ1n) is 11.4. The molecule has 0 spiro atoms. The summed E-state index contributed by atoms with van der Waals surface area (Å²) < 4.78 is 30.8. The molecule has 3 aromatic rings. The summed E-state index contributed by atoms with van der Waals surface area (Å²) in [4.78, 5) is 21.7. The summed E-state index contributed by atoms with van der Waals surface area (Å²) in [6.07, 6.45) is 3.32. The highest BCUT2D eigenvalue weighted by Crippen LogP contribution is 2.39.